The average molecular weight is 154 g/mol. The van der Waals surface area contributed by atoms with Gasteiger partial charge in [0.15, 0.2) is 6.39 Å². The lowest BCUT2D eigenvalue weighted by Crippen LogP contribution is -2.29. The van der Waals surface area contributed by atoms with E-state index in [2.05, 4.69) is 10.3 Å². The number of carbonyl (C=O) groups is 1. The van der Waals surface area contributed by atoms with Crippen LogP contribution in [0, 0.1) is 0 Å². The lowest BCUT2D eigenvalue weighted by Gasteiger charge is -2.04. The summed E-state index contributed by atoms with van der Waals surface area (Å²) < 4.78 is 4.77. The predicted octanol–water partition coefficient (Wildman–Crippen LogP) is 0.813. The van der Waals surface area contributed by atoms with Crippen molar-refractivity contribution in [3.05, 3.63) is 18.4 Å². The summed E-state index contributed by atoms with van der Waals surface area (Å²) in [5.41, 5.74) is 0. The van der Waals surface area contributed by atoms with Gasteiger partial charge < -0.3 is 9.73 Å². The fourth-order valence-corrected chi connectivity index (χ4v) is 0.661. The quantitative estimate of drug-likeness (QED) is 0.685. The third-order valence-electron chi connectivity index (χ3n) is 1.08. The molecule has 1 aromatic rings. The Morgan fingerprint density at radius 1 is 1.73 bits per heavy atom. The highest BCUT2D eigenvalue weighted by atomic mass is 16.3. The Kier molecular flexibility index (Phi) is 2.25. The zero-order chi connectivity index (χ0) is 8.27. The minimum atomic E-state index is -0.225. The van der Waals surface area contributed by atoms with Crippen molar-refractivity contribution in [3.63, 3.8) is 0 Å². The largest absolute Gasteiger partial charge is 0.438 e. The maximum Gasteiger partial charge on any atom is 0.288 e. The van der Waals surface area contributed by atoms with Crippen molar-refractivity contribution >= 4 is 5.91 Å². The molecule has 0 aliphatic carbocycles. The third-order valence-corrected chi connectivity index (χ3v) is 1.08. The summed E-state index contributed by atoms with van der Waals surface area (Å²) in [6, 6.07) is 0.118. The van der Waals surface area contributed by atoms with Gasteiger partial charge in [0.2, 0.25) is 5.76 Å². The van der Waals surface area contributed by atoms with Crippen LogP contribution >= 0.6 is 0 Å². The first-order valence-electron chi connectivity index (χ1n) is 3.39. The molecule has 0 aliphatic heterocycles. The Hall–Kier alpha value is -1.32. The topological polar surface area (TPSA) is 55.1 Å². The number of carbonyl (C=O) groups excluding carboxylic acids is 1. The first-order valence-corrected chi connectivity index (χ1v) is 3.39. The van der Waals surface area contributed by atoms with Gasteiger partial charge in [-0.3, -0.25) is 4.79 Å². The Labute approximate surface area is 64.6 Å². The molecule has 0 saturated heterocycles. The second kappa shape index (κ2) is 3.18. The van der Waals surface area contributed by atoms with Crippen LogP contribution in [0.5, 0.6) is 0 Å². The Morgan fingerprint density at radius 2 is 2.45 bits per heavy atom. The van der Waals surface area contributed by atoms with Gasteiger partial charge in [-0.25, -0.2) is 4.98 Å². The van der Waals surface area contributed by atoms with E-state index in [4.69, 9.17) is 4.42 Å². The molecule has 0 unspecified atom stereocenters. The van der Waals surface area contributed by atoms with E-state index in [1.54, 1.807) is 0 Å². The van der Waals surface area contributed by atoms with E-state index in [0.29, 0.717) is 0 Å². The molecule has 0 spiro atoms. The first kappa shape index (κ1) is 7.78. The van der Waals surface area contributed by atoms with Crippen LogP contribution in [0.25, 0.3) is 0 Å². The molecule has 0 atom stereocenters. The molecule has 4 heteroatoms. The van der Waals surface area contributed by atoms with Gasteiger partial charge in [-0.05, 0) is 13.8 Å². The molecule has 0 saturated carbocycles. The van der Waals surface area contributed by atoms with Gasteiger partial charge in [-0.15, -0.1) is 0 Å². The molecule has 0 aromatic carbocycles. The number of amides is 1. The van der Waals surface area contributed by atoms with Gasteiger partial charge in [0, 0.05) is 6.04 Å². The number of rotatable bonds is 2. The number of oxazole rings is 1. The van der Waals surface area contributed by atoms with Crippen LogP contribution in [0.3, 0.4) is 0 Å². The maximum absolute atomic E-state index is 11.1. The van der Waals surface area contributed by atoms with Crippen LogP contribution in [0.4, 0.5) is 0 Å². The normalized spacial score (nSPS) is 10.1. The van der Waals surface area contributed by atoms with E-state index in [1.807, 2.05) is 13.8 Å². The van der Waals surface area contributed by atoms with Crippen molar-refractivity contribution in [1.29, 1.82) is 0 Å². The van der Waals surface area contributed by atoms with Gasteiger partial charge in [0.05, 0.1) is 6.20 Å². The van der Waals surface area contributed by atoms with Crippen LogP contribution < -0.4 is 5.32 Å². The molecule has 0 aliphatic rings. The highest BCUT2D eigenvalue weighted by Crippen LogP contribution is 1.95. The van der Waals surface area contributed by atoms with Crippen molar-refractivity contribution in [1.82, 2.24) is 10.3 Å². The monoisotopic (exact) mass is 154 g/mol. The minimum absolute atomic E-state index is 0.118. The van der Waals surface area contributed by atoms with Gasteiger partial charge in [0.25, 0.3) is 5.91 Å². The zero-order valence-corrected chi connectivity index (χ0v) is 6.50. The fraction of sp³-hybridized carbons (Fsp3) is 0.429. The number of hydrogen-bond donors (Lipinski definition) is 1. The van der Waals surface area contributed by atoms with Crippen molar-refractivity contribution in [2.45, 2.75) is 19.9 Å². The standard InChI is InChI=1S/C7H10N2O2/c1-5(2)9-7(10)6-3-8-4-11-6/h3-5H,1-2H3,(H,9,10). The van der Waals surface area contributed by atoms with E-state index in [0.717, 1.165) is 0 Å². The van der Waals surface area contributed by atoms with Gasteiger partial charge in [0.1, 0.15) is 0 Å². The van der Waals surface area contributed by atoms with Crippen molar-refractivity contribution < 1.29 is 9.21 Å². The molecule has 60 valence electrons. The SMILES string of the molecule is CC(C)NC(=O)c1cnco1. The van der Waals surface area contributed by atoms with Crippen molar-refractivity contribution in [2.24, 2.45) is 0 Å². The van der Waals surface area contributed by atoms with Crippen LogP contribution in [-0.4, -0.2) is 16.9 Å². The van der Waals surface area contributed by atoms with Crippen molar-refractivity contribution in [2.75, 3.05) is 0 Å². The molecular formula is C7H10N2O2. The molecule has 0 fully saturated rings. The number of nitrogens with one attached hydrogen (secondary N) is 1. The molecule has 4 nitrogen and oxygen atoms in total. The summed E-state index contributed by atoms with van der Waals surface area (Å²) in [4.78, 5) is 14.7. The summed E-state index contributed by atoms with van der Waals surface area (Å²) in [5.74, 6) is 0.0243. The second-order valence-electron chi connectivity index (χ2n) is 2.49. The van der Waals surface area contributed by atoms with Crippen LogP contribution in [0.15, 0.2) is 17.0 Å². The van der Waals surface area contributed by atoms with Gasteiger partial charge in [-0.2, -0.15) is 0 Å². The van der Waals surface area contributed by atoms with E-state index < -0.39 is 0 Å². The lowest BCUT2D eigenvalue weighted by atomic mass is 10.3. The summed E-state index contributed by atoms with van der Waals surface area (Å²) in [6.07, 6.45) is 2.62. The summed E-state index contributed by atoms with van der Waals surface area (Å²) in [5, 5.41) is 2.67. The van der Waals surface area contributed by atoms with Crippen LogP contribution in [0.2, 0.25) is 0 Å². The van der Waals surface area contributed by atoms with Gasteiger partial charge in [-0.1, -0.05) is 0 Å². The third kappa shape index (κ3) is 2.07. The Balaban J connectivity index is 2.57. The number of nitrogens with zero attached hydrogens (tertiary/aromatic N) is 1. The molecule has 1 heterocycles. The van der Waals surface area contributed by atoms with E-state index >= 15 is 0 Å². The summed E-state index contributed by atoms with van der Waals surface area (Å²) in [6.45, 7) is 3.77. The van der Waals surface area contributed by atoms with Crippen molar-refractivity contribution in [3.8, 4) is 0 Å². The molecule has 1 N–H and O–H groups in total. The average Bonchev–Trinajstić information content (AvgIpc) is 2.35. The second-order valence-corrected chi connectivity index (χ2v) is 2.49. The predicted molar refractivity (Wildman–Crippen MR) is 39.1 cm³/mol. The molecular weight excluding hydrogens is 144 g/mol. The molecule has 0 radical (unpaired) electrons. The van der Waals surface area contributed by atoms with Crippen LogP contribution in [-0.2, 0) is 0 Å². The Morgan fingerprint density at radius 3 is 2.91 bits per heavy atom. The molecule has 1 rings (SSSR count). The fourth-order valence-electron chi connectivity index (χ4n) is 0.661. The number of hydrogen-bond acceptors (Lipinski definition) is 3. The molecule has 1 amide bonds. The minimum Gasteiger partial charge on any atom is -0.438 e. The summed E-state index contributed by atoms with van der Waals surface area (Å²) in [7, 11) is 0. The van der Waals surface area contributed by atoms with E-state index in [-0.39, 0.29) is 17.7 Å². The molecule has 0 bridgehead atoms. The smallest absolute Gasteiger partial charge is 0.288 e. The lowest BCUT2D eigenvalue weighted by molar-refractivity contribution is 0.0915. The van der Waals surface area contributed by atoms with Gasteiger partial charge >= 0.3 is 0 Å². The molecule has 1 aromatic heterocycles. The highest BCUT2D eigenvalue weighted by Gasteiger charge is 2.08. The zero-order valence-electron chi connectivity index (χ0n) is 6.50. The summed E-state index contributed by atoms with van der Waals surface area (Å²) >= 11 is 0. The first-order chi connectivity index (χ1) is 5.20. The van der Waals surface area contributed by atoms with E-state index in [9.17, 15) is 4.79 Å². The Bertz CT molecular complexity index is 229. The van der Waals surface area contributed by atoms with E-state index in [1.165, 1.54) is 12.6 Å². The highest BCUT2D eigenvalue weighted by molar-refractivity contribution is 5.91. The number of aromatic nitrogens is 1. The maximum atomic E-state index is 11.1. The molecule has 11 heavy (non-hydrogen) atoms. The van der Waals surface area contributed by atoms with Crippen LogP contribution in [0.1, 0.15) is 24.4 Å².